The average Bonchev–Trinajstić information content (AvgIpc) is 2.89. The Kier molecular flexibility index (Phi) is 10.6. The van der Waals surface area contributed by atoms with E-state index in [0.717, 1.165) is 51.4 Å². The van der Waals surface area contributed by atoms with Crippen LogP contribution in [0.1, 0.15) is 97.1 Å². The normalized spacial score (nSPS) is 17.8. The number of unbranched alkanes of at least 4 members (excludes halogenated alkanes) is 2. The third-order valence-electron chi connectivity index (χ3n) is 6.15. The van der Waals surface area contributed by atoms with Crippen LogP contribution in [-0.4, -0.2) is 24.1 Å². The minimum Gasteiger partial charge on any atom is -0.292 e. The second-order valence-electron chi connectivity index (χ2n) is 8.90. The van der Waals surface area contributed by atoms with Crippen molar-refractivity contribution in [1.82, 2.24) is 0 Å². The van der Waals surface area contributed by atoms with Crippen molar-refractivity contribution >= 4 is 11.9 Å². The molecule has 0 bridgehead atoms. The molecule has 2 aromatic carbocycles. The van der Waals surface area contributed by atoms with Gasteiger partial charge in [-0.2, -0.15) is 9.78 Å². The predicted molar refractivity (Wildman–Crippen MR) is 129 cm³/mol. The van der Waals surface area contributed by atoms with Crippen molar-refractivity contribution in [3.63, 3.8) is 0 Å². The number of hydrogen-bond acceptors (Lipinski definition) is 6. The first-order valence-corrected chi connectivity index (χ1v) is 12.5. The Morgan fingerprint density at radius 3 is 1.41 bits per heavy atom. The maximum atomic E-state index is 12.4. The summed E-state index contributed by atoms with van der Waals surface area (Å²) >= 11 is 0. The summed E-state index contributed by atoms with van der Waals surface area (Å²) in [5, 5.41) is 0. The van der Waals surface area contributed by atoms with Crippen LogP contribution in [-0.2, 0) is 32.4 Å². The van der Waals surface area contributed by atoms with E-state index in [9.17, 15) is 9.59 Å². The fourth-order valence-corrected chi connectivity index (χ4v) is 3.97. The molecular weight excluding hydrogens is 432 g/mol. The van der Waals surface area contributed by atoms with Gasteiger partial charge >= 0.3 is 11.9 Å². The van der Waals surface area contributed by atoms with Crippen LogP contribution in [0.15, 0.2) is 48.5 Å². The van der Waals surface area contributed by atoms with Crippen LogP contribution < -0.4 is 0 Å². The van der Waals surface area contributed by atoms with Gasteiger partial charge in [-0.15, -0.1) is 0 Å². The lowest BCUT2D eigenvalue weighted by Gasteiger charge is -2.28. The molecule has 1 saturated carbocycles. The summed E-state index contributed by atoms with van der Waals surface area (Å²) in [5.74, 6) is -1.10. The second-order valence-corrected chi connectivity index (χ2v) is 8.90. The van der Waals surface area contributed by atoms with E-state index in [1.54, 1.807) is 24.3 Å². The summed E-state index contributed by atoms with van der Waals surface area (Å²) in [4.78, 5) is 45.8. The van der Waals surface area contributed by atoms with Gasteiger partial charge in [0.25, 0.3) is 0 Å². The number of rotatable bonds is 12. The van der Waals surface area contributed by atoms with Crippen molar-refractivity contribution in [3.8, 4) is 0 Å². The standard InChI is InChI=1S/C28H36O6/c1-3-5-9-21-13-17-23(18-14-21)27(29)33-31-25-11-7-8-12-26(25)32-34-28(30)24-19-15-22(16-20-24)10-6-4-2/h13-20,25-26H,3-12H2,1-2H3. The monoisotopic (exact) mass is 468 g/mol. The summed E-state index contributed by atoms with van der Waals surface area (Å²) in [6.07, 6.45) is 8.62. The van der Waals surface area contributed by atoms with Crippen molar-refractivity contribution in [3.05, 3.63) is 70.8 Å². The fourth-order valence-electron chi connectivity index (χ4n) is 3.97. The Morgan fingerprint density at radius 1 is 0.676 bits per heavy atom. The third-order valence-corrected chi connectivity index (χ3v) is 6.15. The van der Waals surface area contributed by atoms with E-state index >= 15 is 0 Å². The molecule has 0 aliphatic heterocycles. The van der Waals surface area contributed by atoms with Crippen LogP contribution in [0, 0.1) is 0 Å². The Bertz CT molecular complexity index is 815. The highest BCUT2D eigenvalue weighted by molar-refractivity contribution is 5.89. The van der Waals surface area contributed by atoms with Gasteiger partial charge in [0.15, 0.2) is 0 Å². The maximum absolute atomic E-state index is 12.4. The lowest BCUT2D eigenvalue weighted by atomic mass is 9.95. The van der Waals surface area contributed by atoms with Crippen molar-refractivity contribution in [2.24, 2.45) is 0 Å². The zero-order chi connectivity index (χ0) is 24.2. The largest absolute Gasteiger partial charge is 0.373 e. The van der Waals surface area contributed by atoms with Crippen molar-refractivity contribution in [2.75, 3.05) is 0 Å². The first-order valence-electron chi connectivity index (χ1n) is 12.5. The molecule has 3 rings (SSSR count). The number of carbonyl (C=O) groups excluding carboxylic acids is 2. The molecule has 184 valence electrons. The Labute approximate surface area is 202 Å². The first-order chi connectivity index (χ1) is 16.6. The second kappa shape index (κ2) is 13.9. The van der Waals surface area contributed by atoms with Crippen LogP contribution in [0.3, 0.4) is 0 Å². The molecule has 0 amide bonds. The van der Waals surface area contributed by atoms with Gasteiger partial charge in [-0.25, -0.2) is 9.59 Å². The van der Waals surface area contributed by atoms with E-state index in [0.29, 0.717) is 24.0 Å². The van der Waals surface area contributed by atoms with Gasteiger partial charge in [-0.1, -0.05) is 63.8 Å². The number of aryl methyl sites for hydroxylation is 2. The van der Waals surface area contributed by atoms with Crippen LogP contribution >= 0.6 is 0 Å². The molecule has 2 atom stereocenters. The van der Waals surface area contributed by atoms with Gasteiger partial charge in [0.2, 0.25) is 0 Å². The van der Waals surface area contributed by atoms with E-state index in [1.165, 1.54) is 11.1 Å². The first kappa shape index (κ1) is 25.9. The zero-order valence-electron chi connectivity index (χ0n) is 20.3. The molecule has 0 heterocycles. The van der Waals surface area contributed by atoms with E-state index in [-0.39, 0.29) is 0 Å². The maximum Gasteiger partial charge on any atom is 0.373 e. The predicted octanol–water partition coefficient (Wildman–Crippen LogP) is 6.56. The molecule has 0 saturated heterocycles. The van der Waals surface area contributed by atoms with E-state index < -0.39 is 24.1 Å². The Morgan fingerprint density at radius 2 is 1.06 bits per heavy atom. The van der Waals surface area contributed by atoms with Gasteiger partial charge in [0, 0.05) is 0 Å². The molecule has 1 aliphatic rings. The summed E-state index contributed by atoms with van der Waals surface area (Å²) in [7, 11) is 0. The van der Waals surface area contributed by atoms with Crippen molar-refractivity contribution in [1.29, 1.82) is 0 Å². The average molecular weight is 469 g/mol. The van der Waals surface area contributed by atoms with Crippen molar-refractivity contribution in [2.45, 2.75) is 90.3 Å². The highest BCUT2D eigenvalue weighted by Gasteiger charge is 2.31. The van der Waals surface area contributed by atoms with Crippen LogP contribution in [0.2, 0.25) is 0 Å². The molecule has 1 aliphatic carbocycles. The molecule has 2 unspecified atom stereocenters. The molecule has 1 fully saturated rings. The molecular formula is C28H36O6. The van der Waals surface area contributed by atoms with E-state index in [4.69, 9.17) is 19.6 Å². The minimum absolute atomic E-state index is 0.433. The van der Waals surface area contributed by atoms with Crippen LogP contribution in [0.25, 0.3) is 0 Å². The van der Waals surface area contributed by atoms with Crippen LogP contribution in [0.5, 0.6) is 0 Å². The molecule has 0 aromatic heterocycles. The topological polar surface area (TPSA) is 71.1 Å². The summed E-state index contributed by atoms with van der Waals surface area (Å²) in [6, 6.07) is 14.8. The molecule has 6 nitrogen and oxygen atoms in total. The molecule has 34 heavy (non-hydrogen) atoms. The Balaban J connectivity index is 1.47. The van der Waals surface area contributed by atoms with Gasteiger partial charge in [-0.05, 0) is 73.9 Å². The van der Waals surface area contributed by atoms with E-state index in [2.05, 4.69) is 13.8 Å². The zero-order valence-corrected chi connectivity index (χ0v) is 20.3. The molecule has 0 N–H and O–H groups in total. The highest BCUT2D eigenvalue weighted by atomic mass is 17.2. The number of benzene rings is 2. The Hall–Kier alpha value is -2.70. The lowest BCUT2D eigenvalue weighted by Crippen LogP contribution is -2.36. The van der Waals surface area contributed by atoms with Gasteiger partial charge in [-0.3, -0.25) is 9.78 Å². The molecule has 6 heteroatoms. The van der Waals surface area contributed by atoms with Gasteiger partial charge in [0.05, 0.1) is 11.1 Å². The van der Waals surface area contributed by atoms with Crippen molar-refractivity contribution < 1.29 is 29.1 Å². The number of carbonyl (C=O) groups is 2. The third kappa shape index (κ3) is 7.96. The SMILES string of the molecule is CCCCc1ccc(C(=O)OOC2CCCCC2OOC(=O)c2ccc(CCCC)cc2)cc1. The smallest absolute Gasteiger partial charge is 0.292 e. The van der Waals surface area contributed by atoms with Gasteiger partial charge < -0.3 is 0 Å². The van der Waals surface area contributed by atoms with Crippen LogP contribution in [0.4, 0.5) is 0 Å². The summed E-state index contributed by atoms with van der Waals surface area (Å²) in [5.41, 5.74) is 3.25. The fraction of sp³-hybridized carbons (Fsp3) is 0.500. The quantitative estimate of drug-likeness (QED) is 0.259. The molecule has 2 aromatic rings. The van der Waals surface area contributed by atoms with Gasteiger partial charge in [0.1, 0.15) is 12.2 Å². The van der Waals surface area contributed by atoms with E-state index in [1.807, 2.05) is 24.3 Å². The summed E-state index contributed by atoms with van der Waals surface area (Å²) < 4.78 is 0. The molecule has 0 spiro atoms. The number of hydrogen-bond donors (Lipinski definition) is 0. The molecule has 0 radical (unpaired) electrons. The highest BCUT2D eigenvalue weighted by Crippen LogP contribution is 2.25. The minimum atomic E-state index is -0.550. The lowest BCUT2D eigenvalue weighted by molar-refractivity contribution is -0.352. The summed E-state index contributed by atoms with van der Waals surface area (Å²) in [6.45, 7) is 4.30.